The van der Waals surface area contributed by atoms with Crippen LogP contribution in [0, 0.1) is 108 Å². The van der Waals surface area contributed by atoms with E-state index in [2.05, 4.69) is 272 Å². The molecule has 0 radical (unpaired) electrons. The molecule has 0 atom stereocenters. The van der Waals surface area contributed by atoms with Crippen LogP contribution in [0.15, 0.2) is 224 Å². The quantitative estimate of drug-likeness (QED) is 0.0433. The number of benzene rings is 12. The summed E-state index contributed by atoms with van der Waals surface area (Å²) in [6, 6.07) is 67.6. The van der Waals surface area contributed by atoms with Crippen LogP contribution in [0.1, 0.15) is 361 Å². The Hall–Kier alpha value is -10.2. The topological polar surface area (TPSA) is 60.2 Å². The maximum atomic E-state index is 13.2. The minimum absolute atomic E-state index is 0.0507. The van der Waals surface area contributed by atoms with Gasteiger partial charge >= 0.3 is 6.18 Å². The van der Waals surface area contributed by atoms with E-state index in [1.54, 1.807) is 89.2 Å². The molecule has 0 heterocycles. The Morgan fingerprint density at radius 3 is 0.773 bits per heavy atom. The average Bonchev–Trinajstić information content (AvgIpc) is 0.766. The first kappa shape index (κ1) is 138. The van der Waals surface area contributed by atoms with E-state index in [-0.39, 0.29) is 77.0 Å². The molecule has 0 saturated carbocycles. The van der Waals surface area contributed by atoms with Gasteiger partial charge in [-0.05, 0) is 210 Å². The number of hydrogen-bond donors (Lipinski definition) is 0. The number of nitro benzene ring substituents is 1. The van der Waals surface area contributed by atoms with Gasteiger partial charge in [0, 0.05) is 44.9 Å². The molecule has 0 aliphatic carbocycles. The standard InChI is InChI=1S/C12H15F3.C12H16O.3C11H16.C10H11Cl3.C10H13Cl.C10H9F5.C10H10F4.C10H12F2.C10H13F.C10H13NO2/c1-8-5-6-9(11(2,3)4)10(7-8)12(13,14)15;1-9(13)10-5-7-11(8-6-10)12(2,3)4;3*1-9-5-7-10(8-6-9)11(2,3)4;1-10(2,3)8-6(11)4-5-7(12)9(8)13;1-10(2,3)8-4-6-9(11)7-5-8;1-10(2,3)4-5(11)7(13)9(15)8(14)6(4)12;1-10(2,3)7-8(13)5(11)4-6(12)9(7)14;1-10(2,3)7-4-5-8(11)9(12)6-7;1-10(2,3)8-4-6-9(11)7-5-8;1-10(2,3)8-4-6-9(7-5-8)11(12)13/h5-7H,1-4H3;5-8H,1-4H3;3*5-8H,1-4H3;4-5H,1-3H3;4-7H,1-3H3;1-3H3;4H,1-3H3;4-6H,1-3H3;4-7H,1-3H3;4-7H,1-3H3. The van der Waals surface area contributed by atoms with Gasteiger partial charge < -0.3 is 0 Å². The lowest BCUT2D eigenvalue weighted by Crippen LogP contribution is -2.20. The van der Waals surface area contributed by atoms with Crippen molar-refractivity contribution in [2.75, 3.05) is 0 Å². The molecule has 0 bridgehead atoms. The molecule has 0 N–H and O–H groups in total. The van der Waals surface area contributed by atoms with Crippen molar-refractivity contribution >= 4 is 57.9 Å². The highest BCUT2D eigenvalue weighted by molar-refractivity contribution is 6.44. The van der Waals surface area contributed by atoms with Gasteiger partial charge in [-0.3, -0.25) is 14.9 Å². The van der Waals surface area contributed by atoms with Crippen molar-refractivity contribution in [3.8, 4) is 0 Å². The fraction of sp³-hybridized carbons (Fsp3) is 0.425. The zero-order chi connectivity index (χ0) is 117. The molecule has 0 spiro atoms. The average molecular weight is 2180 g/mol. The summed E-state index contributed by atoms with van der Waals surface area (Å²) in [5.74, 6) is -16.5. The lowest BCUT2D eigenvalue weighted by molar-refractivity contribution is -0.384. The fourth-order valence-corrected chi connectivity index (χ4v) is 14.8. The SMILES string of the molecule is CC(=O)c1ccc(C(C)(C)C)cc1.CC(C)(C)c1c(Cl)ccc(Cl)c1Cl.CC(C)(C)c1c(F)c(F)c(F)c(F)c1F.CC(C)(C)c1c(F)c(F)cc(F)c1F.CC(C)(C)c1ccc(Cl)cc1.CC(C)(C)c1ccc(F)c(F)c1.CC(C)(C)c1ccc(F)cc1.CC(C)(C)c1ccc([N+](=O)[O-])cc1.Cc1ccc(C(C)(C)C)c(C(F)(F)F)c1.Cc1ccc(C(C)(C)C)cc1.Cc1ccc(C(C)(C)C)cc1.Cc1ccc(C(C)(C)C)cc1. The number of hydrogen-bond acceptors (Lipinski definition) is 3. The molecule has 150 heavy (non-hydrogen) atoms. The third kappa shape index (κ3) is 47.6. The van der Waals surface area contributed by atoms with Gasteiger partial charge in [-0.2, -0.15) is 13.2 Å². The van der Waals surface area contributed by atoms with Crippen LogP contribution in [0.5, 0.6) is 0 Å². The van der Waals surface area contributed by atoms with Gasteiger partial charge in [0.1, 0.15) is 5.82 Å². The number of nitro groups is 1. The van der Waals surface area contributed by atoms with Crippen molar-refractivity contribution in [2.45, 2.75) is 355 Å². The predicted molar refractivity (Wildman–Crippen MR) is 602 cm³/mol. The second kappa shape index (κ2) is 56.6. The van der Waals surface area contributed by atoms with Crippen LogP contribution in [0.3, 0.4) is 0 Å². The maximum Gasteiger partial charge on any atom is 0.416 e. The van der Waals surface area contributed by atoms with Crippen molar-refractivity contribution in [1.82, 2.24) is 0 Å². The molecule has 0 amide bonds. The summed E-state index contributed by atoms with van der Waals surface area (Å²) < 4.78 is 192. The van der Waals surface area contributed by atoms with Crippen molar-refractivity contribution < 1.29 is 75.6 Å². The van der Waals surface area contributed by atoms with Gasteiger partial charge in [0.05, 0.1) is 20.5 Å². The van der Waals surface area contributed by atoms with Gasteiger partial charge in [-0.25, -0.2) is 52.7 Å². The summed E-state index contributed by atoms with van der Waals surface area (Å²) in [6.45, 7) is 81.3. The first-order valence-electron chi connectivity index (χ1n) is 49.3. The van der Waals surface area contributed by atoms with Crippen molar-refractivity contribution in [1.29, 1.82) is 0 Å². The van der Waals surface area contributed by atoms with Gasteiger partial charge in [-0.1, -0.05) is 470 Å². The van der Waals surface area contributed by atoms with Crippen LogP contribution in [-0.2, 0) is 71.2 Å². The smallest absolute Gasteiger partial charge is 0.295 e. The molecule has 0 aliphatic heterocycles. The second-order valence-electron chi connectivity index (χ2n) is 49.2. The number of aryl methyl sites for hydroxylation is 4. The van der Waals surface area contributed by atoms with E-state index < -0.39 is 103 Å². The molecule has 0 aliphatic rings. The zero-order valence-electron chi connectivity index (χ0n) is 95.7. The molecular formula is C127H160Cl4F15NO3. The normalized spacial score (nSPS) is 11.8. The molecule has 0 fully saturated rings. The van der Waals surface area contributed by atoms with Gasteiger partial charge in [0.15, 0.2) is 64.0 Å². The minimum Gasteiger partial charge on any atom is -0.295 e. The molecule has 23 heteroatoms. The van der Waals surface area contributed by atoms with Gasteiger partial charge in [0.25, 0.3) is 5.69 Å². The van der Waals surface area contributed by atoms with Crippen LogP contribution >= 0.6 is 46.4 Å². The Labute approximate surface area is 907 Å². The molecule has 0 saturated heterocycles. The van der Waals surface area contributed by atoms with Crippen LogP contribution in [0.2, 0.25) is 20.1 Å². The second-order valence-corrected chi connectivity index (χ2v) is 50.9. The first-order chi connectivity index (χ1) is 67.6. The highest BCUT2D eigenvalue weighted by Gasteiger charge is 2.37. The van der Waals surface area contributed by atoms with E-state index in [0.717, 1.165) is 33.3 Å². The lowest BCUT2D eigenvalue weighted by Gasteiger charge is -2.24. The molecule has 12 aromatic rings. The Balaban J connectivity index is 0.000000819. The number of halogens is 19. The molecular weight excluding hydrogens is 2010 g/mol. The summed E-state index contributed by atoms with van der Waals surface area (Å²) in [5, 5.41) is 12.9. The van der Waals surface area contributed by atoms with Gasteiger partial charge in [0.2, 0.25) is 5.82 Å². The highest BCUT2D eigenvalue weighted by atomic mass is 35.5. The molecule has 0 unspecified atom stereocenters. The summed E-state index contributed by atoms with van der Waals surface area (Å²) in [6.07, 6.45) is -4.27. The third-order valence-electron chi connectivity index (χ3n) is 23.0. The minimum atomic E-state index is -4.27. The van der Waals surface area contributed by atoms with Crippen LogP contribution in [0.25, 0.3) is 0 Å². The number of rotatable bonds is 2. The van der Waals surface area contributed by atoms with E-state index >= 15 is 0 Å². The van der Waals surface area contributed by atoms with Crippen molar-refractivity contribution in [3.05, 3.63) is 425 Å². The number of carbonyl (C=O) groups excluding carboxylic acids is 1. The van der Waals surface area contributed by atoms with E-state index in [1.165, 1.54) is 116 Å². The summed E-state index contributed by atoms with van der Waals surface area (Å²) in [5.41, 5.74) is 13.4. The Kier molecular flexibility index (Phi) is 52.0. The Morgan fingerprint density at radius 2 is 0.507 bits per heavy atom. The van der Waals surface area contributed by atoms with Crippen LogP contribution in [-0.4, -0.2) is 10.7 Å². The van der Waals surface area contributed by atoms with Crippen molar-refractivity contribution in [2.24, 2.45) is 0 Å². The number of carbonyl (C=O) groups is 1. The first-order valence-corrected chi connectivity index (χ1v) is 50.9. The van der Waals surface area contributed by atoms with Crippen LogP contribution < -0.4 is 0 Å². The Morgan fingerprint density at radius 1 is 0.247 bits per heavy atom. The molecule has 12 rings (SSSR count). The van der Waals surface area contributed by atoms with E-state index in [4.69, 9.17) is 46.4 Å². The summed E-state index contributed by atoms with van der Waals surface area (Å²) >= 11 is 23.8. The summed E-state index contributed by atoms with van der Waals surface area (Å²) in [7, 11) is 0. The highest BCUT2D eigenvalue weighted by Crippen LogP contribution is 2.42. The number of ketones is 1. The molecule has 4 nitrogen and oxygen atoms in total. The van der Waals surface area contributed by atoms with Crippen LogP contribution in [0.4, 0.5) is 71.5 Å². The molecule has 0 aromatic heterocycles. The number of non-ortho nitro benzene ring substituents is 1. The van der Waals surface area contributed by atoms with Gasteiger partial charge in [-0.15, -0.1) is 0 Å². The predicted octanol–water partition coefficient (Wildman–Crippen LogP) is 42.5. The lowest BCUT2D eigenvalue weighted by atomic mass is 9.83. The van der Waals surface area contributed by atoms with E-state index in [1.807, 2.05) is 69.3 Å². The maximum absolute atomic E-state index is 13.2. The number of alkyl halides is 3. The van der Waals surface area contributed by atoms with E-state index in [9.17, 15) is 80.8 Å². The number of nitrogens with zero attached hydrogens (tertiary/aromatic N) is 1. The summed E-state index contributed by atoms with van der Waals surface area (Å²) in [4.78, 5) is 21.0. The monoisotopic (exact) mass is 2170 g/mol. The zero-order valence-corrected chi connectivity index (χ0v) is 98.7. The molecule has 12 aromatic carbocycles. The Bertz CT molecular complexity index is 5810. The fourth-order valence-electron chi connectivity index (χ4n) is 13.6. The largest absolute Gasteiger partial charge is 0.416 e. The van der Waals surface area contributed by atoms with Crippen molar-refractivity contribution in [3.63, 3.8) is 0 Å². The van der Waals surface area contributed by atoms with E-state index in [0.29, 0.717) is 26.2 Å². The molecule has 824 valence electrons. The third-order valence-corrected chi connectivity index (χ3v) is 24.3. The number of Topliss-reactive ketones (excluding diaryl/α,β-unsaturated/α-hetero) is 1.